The minimum absolute atomic E-state index is 0.135. The Morgan fingerprint density at radius 3 is 2.52 bits per heavy atom. The third-order valence-corrected chi connectivity index (χ3v) is 4.02. The number of nitrogens with two attached hydrogens (primary N) is 2. The van der Waals surface area contributed by atoms with E-state index in [0.717, 1.165) is 27.4 Å². The van der Waals surface area contributed by atoms with Crippen LogP contribution in [-0.2, 0) is 7.05 Å². The van der Waals surface area contributed by atoms with Crippen molar-refractivity contribution in [3.63, 3.8) is 0 Å². The molecule has 0 spiro atoms. The van der Waals surface area contributed by atoms with Crippen LogP contribution in [0.2, 0.25) is 0 Å². The van der Waals surface area contributed by atoms with E-state index >= 15 is 0 Å². The van der Waals surface area contributed by atoms with Crippen LogP contribution in [0, 0.1) is 5.82 Å². The summed E-state index contributed by atoms with van der Waals surface area (Å²) in [5, 5.41) is 1.72. The molecular weight excluding hydrogens is 293 g/mol. The molecule has 0 aliphatic carbocycles. The second kappa shape index (κ2) is 4.67. The van der Waals surface area contributed by atoms with Crippen molar-refractivity contribution in [1.82, 2.24) is 14.5 Å². The van der Waals surface area contributed by atoms with Crippen LogP contribution in [0.4, 0.5) is 16.2 Å². The van der Waals surface area contributed by atoms with Crippen LogP contribution in [0.1, 0.15) is 0 Å². The van der Waals surface area contributed by atoms with Crippen molar-refractivity contribution in [2.24, 2.45) is 7.05 Å². The molecule has 0 fully saturated rings. The second-order valence-electron chi connectivity index (χ2n) is 5.48. The molecule has 4 aromatic rings. The Hall–Kier alpha value is -3.15. The van der Waals surface area contributed by atoms with Crippen molar-refractivity contribution < 1.29 is 4.39 Å². The summed E-state index contributed by atoms with van der Waals surface area (Å²) in [6.07, 6.45) is 1.95. The number of aryl methyl sites for hydroxylation is 1. The fourth-order valence-electron chi connectivity index (χ4n) is 3.02. The van der Waals surface area contributed by atoms with Gasteiger partial charge in [-0.15, -0.1) is 0 Å². The standard InChI is InChI=1S/C17H14FN5/c1-23-7-6-11-14-13(21-17(20)22-16(14)19)8-12(15(11)23)9-2-4-10(18)5-3-9/h2-8H,1H3,(H4,19,20,21,22). The highest BCUT2D eigenvalue weighted by Crippen LogP contribution is 2.36. The normalized spacial score (nSPS) is 11.4. The van der Waals surface area contributed by atoms with Gasteiger partial charge in [-0.1, -0.05) is 12.1 Å². The zero-order valence-electron chi connectivity index (χ0n) is 12.4. The molecule has 0 radical (unpaired) electrons. The Kier molecular flexibility index (Phi) is 2.74. The number of anilines is 2. The highest BCUT2D eigenvalue weighted by molar-refractivity contribution is 6.15. The molecule has 2 aromatic carbocycles. The van der Waals surface area contributed by atoms with E-state index in [9.17, 15) is 4.39 Å². The van der Waals surface area contributed by atoms with E-state index in [-0.39, 0.29) is 11.8 Å². The molecule has 0 atom stereocenters. The smallest absolute Gasteiger partial charge is 0.222 e. The number of halogens is 1. The number of nitrogen functional groups attached to an aromatic ring is 2. The van der Waals surface area contributed by atoms with Crippen molar-refractivity contribution in [2.75, 3.05) is 11.5 Å². The fraction of sp³-hybridized carbons (Fsp3) is 0.0588. The molecular formula is C17H14FN5. The van der Waals surface area contributed by atoms with Crippen molar-refractivity contribution in [3.05, 3.63) is 48.4 Å². The summed E-state index contributed by atoms with van der Waals surface area (Å²) in [5.74, 6) is 0.221. The molecule has 4 rings (SSSR count). The Balaban J connectivity index is 2.18. The molecule has 0 saturated heterocycles. The van der Waals surface area contributed by atoms with Gasteiger partial charge in [-0.2, -0.15) is 4.98 Å². The van der Waals surface area contributed by atoms with Crippen molar-refractivity contribution in [2.45, 2.75) is 0 Å². The summed E-state index contributed by atoms with van der Waals surface area (Å²) in [6, 6.07) is 10.3. The number of aromatic nitrogens is 3. The maximum atomic E-state index is 13.2. The van der Waals surface area contributed by atoms with Crippen LogP contribution < -0.4 is 11.5 Å². The summed E-state index contributed by atoms with van der Waals surface area (Å²) >= 11 is 0. The van der Waals surface area contributed by atoms with Crippen LogP contribution in [0.3, 0.4) is 0 Å². The van der Waals surface area contributed by atoms with Gasteiger partial charge in [-0.3, -0.25) is 0 Å². The number of rotatable bonds is 1. The quantitative estimate of drug-likeness (QED) is 0.566. The van der Waals surface area contributed by atoms with Crippen LogP contribution in [0.15, 0.2) is 42.6 Å². The largest absolute Gasteiger partial charge is 0.383 e. The lowest BCUT2D eigenvalue weighted by Gasteiger charge is -2.11. The number of fused-ring (bicyclic) bond motifs is 3. The molecule has 0 saturated carbocycles. The minimum atomic E-state index is -0.270. The first-order valence-electron chi connectivity index (χ1n) is 7.11. The third-order valence-electron chi connectivity index (χ3n) is 4.02. The summed E-state index contributed by atoms with van der Waals surface area (Å²) in [7, 11) is 1.95. The van der Waals surface area contributed by atoms with Gasteiger partial charge in [0.1, 0.15) is 11.6 Å². The molecule has 0 aliphatic heterocycles. The van der Waals surface area contributed by atoms with Crippen LogP contribution in [-0.4, -0.2) is 14.5 Å². The summed E-state index contributed by atoms with van der Waals surface area (Å²) in [4.78, 5) is 8.36. The molecule has 0 aliphatic rings. The zero-order chi connectivity index (χ0) is 16.1. The molecule has 2 heterocycles. The number of nitrogens with zero attached hydrogens (tertiary/aromatic N) is 3. The maximum absolute atomic E-state index is 13.2. The van der Waals surface area contributed by atoms with E-state index in [1.54, 1.807) is 12.1 Å². The Labute approximate surface area is 131 Å². The molecule has 23 heavy (non-hydrogen) atoms. The topological polar surface area (TPSA) is 82.8 Å². The molecule has 0 bridgehead atoms. The molecule has 6 heteroatoms. The first kappa shape index (κ1) is 13.5. The first-order valence-corrected chi connectivity index (χ1v) is 7.11. The van der Waals surface area contributed by atoms with E-state index in [1.807, 2.05) is 29.9 Å². The highest BCUT2D eigenvalue weighted by atomic mass is 19.1. The van der Waals surface area contributed by atoms with Gasteiger partial charge in [0, 0.05) is 24.2 Å². The predicted molar refractivity (Wildman–Crippen MR) is 90.2 cm³/mol. The van der Waals surface area contributed by atoms with Gasteiger partial charge >= 0.3 is 0 Å². The van der Waals surface area contributed by atoms with Crippen molar-refractivity contribution >= 4 is 33.6 Å². The molecule has 5 nitrogen and oxygen atoms in total. The first-order chi connectivity index (χ1) is 11.0. The van der Waals surface area contributed by atoms with Gasteiger partial charge < -0.3 is 16.0 Å². The Bertz CT molecular complexity index is 1050. The minimum Gasteiger partial charge on any atom is -0.383 e. The zero-order valence-corrected chi connectivity index (χ0v) is 12.4. The molecule has 0 amide bonds. The monoisotopic (exact) mass is 307 g/mol. The molecule has 0 unspecified atom stereocenters. The molecule has 114 valence electrons. The second-order valence-corrected chi connectivity index (χ2v) is 5.48. The van der Waals surface area contributed by atoms with Crippen LogP contribution >= 0.6 is 0 Å². The summed E-state index contributed by atoms with van der Waals surface area (Å²) in [6.45, 7) is 0. The van der Waals surface area contributed by atoms with E-state index in [0.29, 0.717) is 11.3 Å². The van der Waals surface area contributed by atoms with Crippen LogP contribution in [0.5, 0.6) is 0 Å². The lowest BCUT2D eigenvalue weighted by atomic mass is 10.00. The Morgan fingerprint density at radius 2 is 1.78 bits per heavy atom. The lowest BCUT2D eigenvalue weighted by molar-refractivity contribution is 0.628. The van der Waals surface area contributed by atoms with Crippen molar-refractivity contribution in [3.8, 4) is 11.1 Å². The highest BCUT2D eigenvalue weighted by Gasteiger charge is 2.15. The molecule has 2 aromatic heterocycles. The Morgan fingerprint density at radius 1 is 1.04 bits per heavy atom. The number of hydrogen-bond donors (Lipinski definition) is 2. The average molecular weight is 307 g/mol. The van der Waals surface area contributed by atoms with E-state index < -0.39 is 0 Å². The maximum Gasteiger partial charge on any atom is 0.222 e. The number of benzene rings is 2. The summed E-state index contributed by atoms with van der Waals surface area (Å²) in [5.41, 5.74) is 15.3. The van der Waals surface area contributed by atoms with Crippen molar-refractivity contribution in [1.29, 1.82) is 0 Å². The fourth-order valence-corrected chi connectivity index (χ4v) is 3.02. The van der Waals surface area contributed by atoms with Gasteiger partial charge in [0.15, 0.2) is 0 Å². The number of hydrogen-bond acceptors (Lipinski definition) is 4. The predicted octanol–water partition coefficient (Wildman–Crippen LogP) is 3.09. The SMILES string of the molecule is Cn1ccc2c3c(N)nc(N)nc3cc(-c3ccc(F)cc3)c21. The lowest BCUT2D eigenvalue weighted by Crippen LogP contribution is -2.01. The van der Waals surface area contributed by atoms with Crippen LogP contribution in [0.25, 0.3) is 32.9 Å². The van der Waals surface area contributed by atoms with E-state index in [1.165, 1.54) is 12.1 Å². The van der Waals surface area contributed by atoms with Gasteiger partial charge in [0.25, 0.3) is 0 Å². The molecule has 4 N–H and O–H groups in total. The van der Waals surface area contributed by atoms with E-state index in [4.69, 9.17) is 11.5 Å². The van der Waals surface area contributed by atoms with Gasteiger partial charge in [0.05, 0.1) is 16.4 Å². The van der Waals surface area contributed by atoms with Gasteiger partial charge in [-0.05, 0) is 29.8 Å². The van der Waals surface area contributed by atoms with Gasteiger partial charge in [-0.25, -0.2) is 9.37 Å². The van der Waals surface area contributed by atoms with Gasteiger partial charge in [0.2, 0.25) is 5.95 Å². The average Bonchev–Trinajstić information content (AvgIpc) is 2.89. The van der Waals surface area contributed by atoms with E-state index in [2.05, 4.69) is 9.97 Å². The third kappa shape index (κ3) is 1.99. The summed E-state index contributed by atoms with van der Waals surface area (Å²) < 4.78 is 15.2.